The average molecular weight is 276 g/mol. The first-order valence-electron chi connectivity index (χ1n) is 7.85. The van der Waals surface area contributed by atoms with Crippen LogP contribution in [0.5, 0.6) is 0 Å². The lowest BCUT2D eigenvalue weighted by atomic mass is 9.74. The van der Waals surface area contributed by atoms with Crippen LogP contribution in [0.4, 0.5) is 0 Å². The summed E-state index contributed by atoms with van der Waals surface area (Å²) in [5.41, 5.74) is 0.768. The molecule has 0 N–H and O–H groups in total. The van der Waals surface area contributed by atoms with Crippen LogP contribution >= 0.6 is 0 Å². The Labute approximate surface area is 120 Å². The summed E-state index contributed by atoms with van der Waals surface area (Å²) in [6.45, 7) is 4.51. The van der Waals surface area contributed by atoms with Crippen LogP contribution in [-0.4, -0.2) is 18.0 Å². The van der Waals surface area contributed by atoms with Crippen LogP contribution in [0.25, 0.3) is 0 Å². The lowest BCUT2D eigenvalue weighted by Crippen LogP contribution is -2.43. The maximum absolute atomic E-state index is 12.7. The number of carbonyl (C=O) groups is 1. The average Bonchev–Trinajstić information content (AvgIpc) is 2.78. The molecule has 1 spiro atoms. The van der Waals surface area contributed by atoms with Gasteiger partial charge in [-0.3, -0.25) is 4.79 Å². The number of ketones is 1. The van der Waals surface area contributed by atoms with Gasteiger partial charge in [0.15, 0.2) is 5.78 Å². The summed E-state index contributed by atoms with van der Waals surface area (Å²) in [6.07, 6.45) is 7.79. The Morgan fingerprint density at radius 1 is 1.25 bits per heavy atom. The van der Waals surface area contributed by atoms with Crippen molar-refractivity contribution in [1.82, 2.24) is 0 Å². The third-order valence-corrected chi connectivity index (χ3v) is 4.93. The van der Waals surface area contributed by atoms with Crippen molar-refractivity contribution in [2.75, 3.05) is 6.61 Å². The summed E-state index contributed by atoms with van der Waals surface area (Å²) in [6, 6.07) is 1.89. The molecule has 0 bridgehead atoms. The summed E-state index contributed by atoms with van der Waals surface area (Å²) >= 11 is 0. The van der Waals surface area contributed by atoms with Crippen molar-refractivity contribution in [2.24, 2.45) is 5.92 Å². The summed E-state index contributed by atoms with van der Waals surface area (Å²) in [7, 11) is 0. The van der Waals surface area contributed by atoms with E-state index in [2.05, 4.69) is 0 Å². The molecule has 1 unspecified atom stereocenters. The summed E-state index contributed by atoms with van der Waals surface area (Å²) in [5, 5.41) is 0. The minimum atomic E-state index is -0.0104. The van der Waals surface area contributed by atoms with Gasteiger partial charge in [-0.2, -0.15) is 0 Å². The fourth-order valence-corrected chi connectivity index (χ4v) is 3.89. The Morgan fingerprint density at radius 2 is 2.00 bits per heavy atom. The number of hydrogen-bond acceptors (Lipinski definition) is 3. The first kappa shape index (κ1) is 13.9. The van der Waals surface area contributed by atoms with Crippen molar-refractivity contribution < 1.29 is 13.9 Å². The zero-order chi connectivity index (χ0) is 14.2. The van der Waals surface area contributed by atoms with Crippen LogP contribution in [0, 0.1) is 19.8 Å². The predicted molar refractivity (Wildman–Crippen MR) is 77.0 cm³/mol. The number of rotatable bonds is 2. The van der Waals surface area contributed by atoms with E-state index < -0.39 is 0 Å². The first-order valence-corrected chi connectivity index (χ1v) is 7.85. The van der Waals surface area contributed by atoms with Gasteiger partial charge in [0.2, 0.25) is 0 Å². The third-order valence-electron chi connectivity index (χ3n) is 4.93. The van der Waals surface area contributed by atoms with Crippen molar-refractivity contribution in [3.05, 3.63) is 23.2 Å². The second-order valence-corrected chi connectivity index (χ2v) is 6.47. The van der Waals surface area contributed by atoms with Crippen molar-refractivity contribution in [3.8, 4) is 0 Å². The highest BCUT2D eigenvalue weighted by Gasteiger charge is 2.41. The Hall–Kier alpha value is -1.09. The van der Waals surface area contributed by atoms with Crippen LogP contribution < -0.4 is 0 Å². The van der Waals surface area contributed by atoms with E-state index in [1.54, 1.807) is 0 Å². The molecule has 0 aromatic carbocycles. The molecule has 1 saturated heterocycles. The molecule has 2 heterocycles. The monoisotopic (exact) mass is 276 g/mol. The number of hydrogen-bond donors (Lipinski definition) is 0. The van der Waals surface area contributed by atoms with E-state index in [9.17, 15) is 4.79 Å². The smallest absolute Gasteiger partial charge is 0.169 e. The fourth-order valence-electron chi connectivity index (χ4n) is 3.89. The fraction of sp³-hybridized carbons (Fsp3) is 0.706. The van der Waals surface area contributed by atoms with Gasteiger partial charge in [-0.25, -0.2) is 0 Å². The van der Waals surface area contributed by atoms with Crippen LogP contribution in [0.2, 0.25) is 0 Å². The zero-order valence-electron chi connectivity index (χ0n) is 12.5. The highest BCUT2D eigenvalue weighted by molar-refractivity contribution is 5.98. The van der Waals surface area contributed by atoms with Crippen molar-refractivity contribution in [3.63, 3.8) is 0 Å². The molecule has 0 radical (unpaired) electrons. The van der Waals surface area contributed by atoms with Gasteiger partial charge in [0.1, 0.15) is 11.5 Å². The molecule has 1 aromatic heterocycles. The second-order valence-electron chi connectivity index (χ2n) is 6.47. The van der Waals surface area contributed by atoms with Crippen LogP contribution in [-0.2, 0) is 4.74 Å². The molecule has 3 heteroatoms. The Bertz CT molecular complexity index is 489. The maximum atomic E-state index is 12.7. The number of aryl methyl sites for hydroxylation is 2. The van der Waals surface area contributed by atoms with E-state index in [-0.39, 0.29) is 17.3 Å². The summed E-state index contributed by atoms with van der Waals surface area (Å²) in [4.78, 5) is 12.7. The minimum absolute atomic E-state index is 0.0104. The topological polar surface area (TPSA) is 39.4 Å². The summed E-state index contributed by atoms with van der Waals surface area (Å²) in [5.74, 6) is 1.95. The highest BCUT2D eigenvalue weighted by atomic mass is 16.5. The normalized spacial score (nSPS) is 25.8. The molecule has 1 aliphatic carbocycles. The molecule has 3 nitrogen and oxygen atoms in total. The zero-order valence-corrected chi connectivity index (χ0v) is 12.5. The Morgan fingerprint density at radius 3 is 2.65 bits per heavy atom. The third kappa shape index (κ3) is 2.56. The number of carbonyl (C=O) groups excluding carboxylic acids is 1. The van der Waals surface area contributed by atoms with Crippen LogP contribution in [0.1, 0.15) is 66.8 Å². The van der Waals surface area contributed by atoms with Crippen LogP contribution in [0.15, 0.2) is 10.5 Å². The molecular weight excluding hydrogens is 252 g/mol. The van der Waals surface area contributed by atoms with E-state index in [1.165, 1.54) is 19.3 Å². The predicted octanol–water partition coefficient (Wildman–Crippen LogP) is 4.21. The largest absolute Gasteiger partial charge is 0.466 e. The molecule has 2 fully saturated rings. The minimum Gasteiger partial charge on any atom is -0.466 e. The van der Waals surface area contributed by atoms with Crippen molar-refractivity contribution >= 4 is 5.78 Å². The van der Waals surface area contributed by atoms with Gasteiger partial charge in [-0.05, 0) is 45.6 Å². The number of ether oxygens (including phenoxy) is 1. The van der Waals surface area contributed by atoms with Crippen LogP contribution in [0.3, 0.4) is 0 Å². The molecule has 0 amide bonds. The lowest BCUT2D eigenvalue weighted by Gasteiger charge is -2.43. The molecule has 1 aromatic rings. The molecule has 3 rings (SSSR count). The van der Waals surface area contributed by atoms with E-state index in [0.717, 1.165) is 49.4 Å². The number of Topliss-reactive ketones (excluding diaryl/α,β-unsaturated/α-hetero) is 1. The summed E-state index contributed by atoms with van der Waals surface area (Å²) < 4.78 is 11.6. The molecule has 20 heavy (non-hydrogen) atoms. The van der Waals surface area contributed by atoms with E-state index in [0.29, 0.717) is 0 Å². The standard InChI is InChI=1S/C17H24O3/c1-12-10-15(13(2)20-12)16(18)14-6-9-19-17(11-14)7-4-3-5-8-17/h10,14H,3-9,11H2,1-2H3. The van der Waals surface area contributed by atoms with E-state index in [1.807, 2.05) is 19.9 Å². The van der Waals surface area contributed by atoms with Gasteiger partial charge in [0, 0.05) is 12.5 Å². The Kier molecular flexibility index (Phi) is 3.72. The molecule has 1 aliphatic heterocycles. The molecule has 2 aliphatic rings. The van der Waals surface area contributed by atoms with Gasteiger partial charge in [-0.15, -0.1) is 0 Å². The van der Waals surface area contributed by atoms with E-state index >= 15 is 0 Å². The quantitative estimate of drug-likeness (QED) is 0.760. The van der Waals surface area contributed by atoms with Crippen molar-refractivity contribution in [2.45, 2.75) is 64.4 Å². The highest BCUT2D eigenvalue weighted by Crippen LogP contribution is 2.41. The Balaban J connectivity index is 1.76. The molecular formula is C17H24O3. The number of furan rings is 1. The van der Waals surface area contributed by atoms with Gasteiger partial charge in [0.25, 0.3) is 0 Å². The molecule has 1 saturated carbocycles. The van der Waals surface area contributed by atoms with Gasteiger partial charge < -0.3 is 9.15 Å². The first-order chi connectivity index (χ1) is 9.60. The molecule has 1 atom stereocenters. The van der Waals surface area contributed by atoms with Gasteiger partial charge in [-0.1, -0.05) is 19.3 Å². The maximum Gasteiger partial charge on any atom is 0.169 e. The SMILES string of the molecule is Cc1cc(C(=O)C2CCOC3(CCCCC3)C2)c(C)o1. The second kappa shape index (κ2) is 5.36. The van der Waals surface area contributed by atoms with Crippen molar-refractivity contribution in [1.29, 1.82) is 0 Å². The van der Waals surface area contributed by atoms with Gasteiger partial charge in [0.05, 0.1) is 11.2 Å². The van der Waals surface area contributed by atoms with Gasteiger partial charge >= 0.3 is 0 Å². The molecule has 110 valence electrons. The lowest BCUT2D eigenvalue weighted by molar-refractivity contribution is -0.111. The van der Waals surface area contributed by atoms with E-state index in [4.69, 9.17) is 9.15 Å².